The Balaban J connectivity index is 1.60. The van der Waals surface area contributed by atoms with Gasteiger partial charge in [-0.3, -0.25) is 4.90 Å². The average Bonchev–Trinajstić information content (AvgIpc) is 3.14. The third-order valence-electron chi connectivity index (χ3n) is 4.26. The lowest BCUT2D eigenvalue weighted by atomic mass is 10.2. The molecule has 26 heavy (non-hydrogen) atoms. The lowest BCUT2D eigenvalue weighted by molar-refractivity contribution is 0.250. The van der Waals surface area contributed by atoms with Crippen molar-refractivity contribution >= 4 is 11.7 Å². The fourth-order valence-electron chi connectivity index (χ4n) is 2.91. The first-order chi connectivity index (χ1) is 12.6. The van der Waals surface area contributed by atoms with E-state index in [0.29, 0.717) is 17.3 Å². The molecule has 0 saturated carbocycles. The van der Waals surface area contributed by atoms with Gasteiger partial charge >= 0.3 is 11.7 Å². The first-order valence-electron chi connectivity index (χ1n) is 7.96. The maximum atomic E-state index is 13.0. The molecule has 0 saturated heterocycles. The predicted molar refractivity (Wildman–Crippen MR) is 92.0 cm³/mol. The summed E-state index contributed by atoms with van der Waals surface area (Å²) < 4.78 is 20.4. The number of carbonyl (C=O) groups excluding carboxylic acids is 1. The lowest BCUT2D eigenvalue weighted by Crippen LogP contribution is -2.35. The van der Waals surface area contributed by atoms with Crippen molar-refractivity contribution < 1.29 is 13.9 Å². The van der Waals surface area contributed by atoms with E-state index in [1.54, 1.807) is 43.5 Å². The molecule has 132 valence electrons. The standard InChI is InChI=1S/C18H15FN4O3/c1-26-15-8-6-14(7-9-15)21-11-16-20-22(18(25)23(16)17(21)24)10-12-2-4-13(19)5-3-12/h2-9H,10-11H2,1H3. The maximum absolute atomic E-state index is 13.0. The van der Waals surface area contributed by atoms with E-state index < -0.39 is 11.7 Å². The van der Waals surface area contributed by atoms with Crippen molar-refractivity contribution in [1.29, 1.82) is 0 Å². The van der Waals surface area contributed by atoms with Gasteiger partial charge in [0, 0.05) is 5.69 Å². The lowest BCUT2D eigenvalue weighted by Gasteiger charge is -2.15. The first kappa shape index (κ1) is 16.1. The van der Waals surface area contributed by atoms with Crippen molar-refractivity contribution in [2.24, 2.45) is 0 Å². The molecule has 1 aliphatic rings. The van der Waals surface area contributed by atoms with Crippen LogP contribution in [0.25, 0.3) is 0 Å². The number of nitrogens with zero attached hydrogens (tertiary/aromatic N) is 4. The van der Waals surface area contributed by atoms with Crippen molar-refractivity contribution in [2.45, 2.75) is 13.1 Å². The van der Waals surface area contributed by atoms with Crippen LogP contribution < -0.4 is 15.3 Å². The Morgan fingerprint density at radius 3 is 2.38 bits per heavy atom. The Hall–Kier alpha value is -3.42. The van der Waals surface area contributed by atoms with Gasteiger partial charge in [-0.05, 0) is 42.0 Å². The van der Waals surface area contributed by atoms with Crippen LogP contribution in [0.1, 0.15) is 11.4 Å². The number of methoxy groups -OCH3 is 1. The summed E-state index contributed by atoms with van der Waals surface area (Å²) in [5.41, 5.74) is 0.876. The van der Waals surface area contributed by atoms with Gasteiger partial charge in [-0.15, -0.1) is 0 Å². The minimum atomic E-state index is -0.509. The van der Waals surface area contributed by atoms with Crippen LogP contribution >= 0.6 is 0 Å². The molecule has 2 heterocycles. The largest absolute Gasteiger partial charge is 0.497 e. The van der Waals surface area contributed by atoms with Gasteiger partial charge in [0.2, 0.25) is 0 Å². The summed E-state index contributed by atoms with van der Waals surface area (Å²) in [6, 6.07) is 12.4. The minimum absolute atomic E-state index is 0.176. The molecule has 4 rings (SSSR count). The summed E-state index contributed by atoms with van der Waals surface area (Å²) in [5, 5.41) is 4.25. The Morgan fingerprint density at radius 2 is 1.77 bits per heavy atom. The first-order valence-corrected chi connectivity index (χ1v) is 7.96. The number of anilines is 1. The summed E-state index contributed by atoms with van der Waals surface area (Å²) in [5.74, 6) is 0.705. The number of halogens is 1. The second-order valence-electron chi connectivity index (χ2n) is 5.89. The number of carbonyl (C=O) groups is 1. The highest BCUT2D eigenvalue weighted by molar-refractivity contribution is 5.96. The normalized spacial score (nSPS) is 13.2. The summed E-state index contributed by atoms with van der Waals surface area (Å²) in [4.78, 5) is 26.7. The SMILES string of the molecule is COc1ccc(N2Cc3nn(Cc4ccc(F)cc4)c(=O)n3C2=O)cc1. The monoisotopic (exact) mass is 354 g/mol. The number of fused-ring (bicyclic) bond motifs is 1. The van der Waals surface area contributed by atoms with E-state index in [-0.39, 0.29) is 18.9 Å². The van der Waals surface area contributed by atoms with Gasteiger partial charge in [-0.2, -0.15) is 9.67 Å². The maximum Gasteiger partial charge on any atom is 0.354 e. The van der Waals surface area contributed by atoms with Gasteiger partial charge in [0.05, 0.1) is 20.2 Å². The summed E-state index contributed by atoms with van der Waals surface area (Å²) >= 11 is 0. The fourth-order valence-corrected chi connectivity index (χ4v) is 2.91. The number of hydrogen-bond acceptors (Lipinski definition) is 4. The molecule has 0 spiro atoms. The predicted octanol–water partition coefficient (Wildman–Crippen LogP) is 2.23. The van der Waals surface area contributed by atoms with Gasteiger partial charge < -0.3 is 4.74 Å². The van der Waals surface area contributed by atoms with Crippen molar-refractivity contribution in [3.63, 3.8) is 0 Å². The Morgan fingerprint density at radius 1 is 1.08 bits per heavy atom. The molecule has 0 aliphatic carbocycles. The zero-order valence-electron chi connectivity index (χ0n) is 13.9. The molecule has 1 amide bonds. The molecule has 8 heteroatoms. The van der Waals surface area contributed by atoms with Crippen molar-refractivity contribution in [3.05, 3.63) is 76.2 Å². The van der Waals surface area contributed by atoms with Gasteiger partial charge in [0.25, 0.3) is 0 Å². The number of ether oxygens (including phenoxy) is 1. The molecule has 1 aliphatic heterocycles. The molecule has 0 fully saturated rings. The second-order valence-corrected chi connectivity index (χ2v) is 5.89. The highest BCUT2D eigenvalue weighted by atomic mass is 19.1. The molecule has 1 aromatic heterocycles. The molecule has 0 radical (unpaired) electrons. The van der Waals surface area contributed by atoms with Gasteiger partial charge in [-0.1, -0.05) is 12.1 Å². The third-order valence-corrected chi connectivity index (χ3v) is 4.26. The van der Waals surface area contributed by atoms with E-state index in [1.807, 2.05) is 0 Å². The van der Waals surface area contributed by atoms with Crippen LogP contribution in [-0.2, 0) is 13.1 Å². The van der Waals surface area contributed by atoms with Crippen LogP contribution in [0.3, 0.4) is 0 Å². The van der Waals surface area contributed by atoms with E-state index in [1.165, 1.54) is 21.7 Å². The van der Waals surface area contributed by atoms with Crippen LogP contribution in [0.15, 0.2) is 53.3 Å². The van der Waals surface area contributed by atoms with E-state index >= 15 is 0 Å². The number of benzene rings is 2. The minimum Gasteiger partial charge on any atom is -0.497 e. The van der Waals surface area contributed by atoms with E-state index in [0.717, 1.165) is 10.1 Å². The van der Waals surface area contributed by atoms with E-state index in [4.69, 9.17) is 4.74 Å². The van der Waals surface area contributed by atoms with Gasteiger partial charge in [-0.25, -0.2) is 18.7 Å². The van der Waals surface area contributed by atoms with Crippen LogP contribution in [0.5, 0.6) is 5.75 Å². The van der Waals surface area contributed by atoms with Crippen LogP contribution in [-0.4, -0.2) is 27.5 Å². The van der Waals surface area contributed by atoms with Crippen molar-refractivity contribution in [3.8, 4) is 5.75 Å². The molecular weight excluding hydrogens is 339 g/mol. The quantitative estimate of drug-likeness (QED) is 0.720. The van der Waals surface area contributed by atoms with Gasteiger partial charge in [0.15, 0.2) is 5.82 Å². The zero-order chi connectivity index (χ0) is 18.3. The highest BCUT2D eigenvalue weighted by Crippen LogP contribution is 2.24. The second kappa shape index (κ2) is 6.14. The Labute approximate surface area is 147 Å². The van der Waals surface area contributed by atoms with E-state index in [2.05, 4.69) is 5.10 Å². The fraction of sp³-hybridized carbons (Fsp3) is 0.167. The van der Waals surface area contributed by atoms with Crippen molar-refractivity contribution in [2.75, 3.05) is 12.0 Å². The Bertz CT molecular complexity index is 1020. The number of amides is 1. The molecule has 3 aromatic rings. The van der Waals surface area contributed by atoms with E-state index in [9.17, 15) is 14.0 Å². The van der Waals surface area contributed by atoms with Crippen LogP contribution in [0, 0.1) is 5.82 Å². The molecule has 2 aromatic carbocycles. The number of rotatable bonds is 4. The number of hydrogen-bond donors (Lipinski definition) is 0. The molecule has 7 nitrogen and oxygen atoms in total. The Kier molecular flexibility index (Phi) is 3.80. The molecule has 0 atom stereocenters. The summed E-state index contributed by atoms with van der Waals surface area (Å²) in [6.07, 6.45) is 0. The average molecular weight is 354 g/mol. The molecule has 0 unspecified atom stereocenters. The smallest absolute Gasteiger partial charge is 0.354 e. The molecular formula is C18H15FN4O3. The topological polar surface area (TPSA) is 69.4 Å². The highest BCUT2D eigenvalue weighted by Gasteiger charge is 2.33. The molecule has 0 bridgehead atoms. The summed E-state index contributed by atoms with van der Waals surface area (Å²) in [7, 11) is 1.56. The van der Waals surface area contributed by atoms with Crippen molar-refractivity contribution in [1.82, 2.24) is 14.3 Å². The van der Waals surface area contributed by atoms with Crippen LogP contribution in [0.4, 0.5) is 14.9 Å². The van der Waals surface area contributed by atoms with Gasteiger partial charge in [0.1, 0.15) is 11.6 Å². The van der Waals surface area contributed by atoms with Crippen LogP contribution in [0.2, 0.25) is 0 Å². The molecule has 0 N–H and O–H groups in total. The third kappa shape index (κ3) is 2.65. The zero-order valence-corrected chi connectivity index (χ0v) is 13.9. The number of aromatic nitrogens is 3. The summed E-state index contributed by atoms with van der Waals surface area (Å²) in [6.45, 7) is 0.381.